The summed E-state index contributed by atoms with van der Waals surface area (Å²) in [5.74, 6) is 2.72. The number of nitrogens with two attached hydrogens (primary N) is 1. The van der Waals surface area contributed by atoms with Gasteiger partial charge in [0.1, 0.15) is 0 Å². The third-order valence-corrected chi connectivity index (χ3v) is 5.34. The number of likely N-dealkylation sites (tertiary alicyclic amines) is 1. The van der Waals surface area contributed by atoms with Crippen LogP contribution >= 0.6 is 11.8 Å². The maximum atomic E-state index is 12.2. The van der Waals surface area contributed by atoms with E-state index in [9.17, 15) is 4.79 Å². The Morgan fingerprint density at radius 3 is 2.78 bits per heavy atom. The molecule has 2 heterocycles. The van der Waals surface area contributed by atoms with Gasteiger partial charge in [0, 0.05) is 43.9 Å². The van der Waals surface area contributed by atoms with Gasteiger partial charge in [-0.15, -0.1) is 0 Å². The van der Waals surface area contributed by atoms with E-state index in [-0.39, 0.29) is 6.04 Å². The van der Waals surface area contributed by atoms with Crippen LogP contribution < -0.4 is 5.73 Å². The summed E-state index contributed by atoms with van der Waals surface area (Å²) >= 11 is 2.00. The first-order valence-electron chi connectivity index (χ1n) is 7.00. The summed E-state index contributed by atoms with van der Waals surface area (Å²) in [7, 11) is 2.13. The quantitative estimate of drug-likeness (QED) is 0.802. The maximum absolute atomic E-state index is 12.2. The molecule has 0 saturated carbocycles. The highest BCUT2D eigenvalue weighted by Gasteiger charge is 2.28. The second-order valence-electron chi connectivity index (χ2n) is 5.36. The molecule has 4 nitrogen and oxygen atoms in total. The highest BCUT2D eigenvalue weighted by atomic mass is 32.2. The lowest BCUT2D eigenvalue weighted by molar-refractivity contribution is -0.131. The van der Waals surface area contributed by atoms with Crippen LogP contribution in [0.5, 0.6) is 0 Å². The summed E-state index contributed by atoms with van der Waals surface area (Å²) in [5, 5.41) is 0. The molecule has 2 fully saturated rings. The van der Waals surface area contributed by atoms with Gasteiger partial charge in [0.05, 0.1) is 0 Å². The summed E-state index contributed by atoms with van der Waals surface area (Å²) < 4.78 is 0. The van der Waals surface area contributed by atoms with E-state index >= 15 is 0 Å². The van der Waals surface area contributed by atoms with Crippen molar-refractivity contribution in [3.63, 3.8) is 0 Å². The smallest absolute Gasteiger partial charge is 0.224 e. The fourth-order valence-corrected chi connectivity index (χ4v) is 4.11. The van der Waals surface area contributed by atoms with Crippen molar-refractivity contribution in [3.8, 4) is 0 Å². The fourth-order valence-electron chi connectivity index (χ4n) is 2.83. The van der Waals surface area contributed by atoms with E-state index < -0.39 is 0 Å². The van der Waals surface area contributed by atoms with E-state index in [0.29, 0.717) is 24.9 Å². The predicted molar refractivity (Wildman–Crippen MR) is 76.8 cm³/mol. The standard InChI is InChI=1S/C13H25N3OS/c1-15(11-4-7-18-10-11)12(9-14)8-13(17)16-5-2-3-6-16/h11-12H,2-10,14H2,1H3. The normalized spacial score (nSPS) is 25.9. The molecule has 5 heteroatoms. The van der Waals surface area contributed by atoms with Crippen LogP contribution in [0.4, 0.5) is 0 Å². The van der Waals surface area contributed by atoms with Crippen LogP contribution in [0.1, 0.15) is 25.7 Å². The molecule has 2 aliphatic rings. The van der Waals surface area contributed by atoms with Crippen LogP contribution in [-0.4, -0.2) is 66.0 Å². The van der Waals surface area contributed by atoms with Crippen molar-refractivity contribution in [2.24, 2.45) is 5.73 Å². The Bertz CT molecular complexity index is 275. The molecule has 0 aromatic heterocycles. The Morgan fingerprint density at radius 1 is 1.50 bits per heavy atom. The predicted octanol–water partition coefficient (Wildman–Crippen LogP) is 0.764. The molecule has 104 valence electrons. The lowest BCUT2D eigenvalue weighted by Gasteiger charge is -2.32. The van der Waals surface area contributed by atoms with Crippen molar-refractivity contribution in [1.29, 1.82) is 0 Å². The second-order valence-corrected chi connectivity index (χ2v) is 6.51. The number of hydrogen-bond donors (Lipinski definition) is 1. The Balaban J connectivity index is 1.85. The molecule has 0 radical (unpaired) electrons. The molecule has 2 rings (SSSR count). The summed E-state index contributed by atoms with van der Waals surface area (Å²) in [6.07, 6.45) is 4.14. The summed E-state index contributed by atoms with van der Waals surface area (Å²) in [4.78, 5) is 16.5. The lowest BCUT2D eigenvalue weighted by Crippen LogP contribution is -2.47. The largest absolute Gasteiger partial charge is 0.343 e. The third-order valence-electron chi connectivity index (χ3n) is 4.20. The Kier molecular flexibility index (Phi) is 5.33. The van der Waals surface area contributed by atoms with E-state index in [1.807, 2.05) is 16.7 Å². The summed E-state index contributed by atoms with van der Waals surface area (Å²) in [6, 6.07) is 0.816. The molecule has 0 bridgehead atoms. The zero-order valence-electron chi connectivity index (χ0n) is 11.3. The van der Waals surface area contributed by atoms with E-state index in [1.54, 1.807) is 0 Å². The van der Waals surface area contributed by atoms with Crippen LogP contribution in [0.25, 0.3) is 0 Å². The summed E-state index contributed by atoms with van der Waals surface area (Å²) in [6.45, 7) is 2.47. The number of rotatable bonds is 5. The molecule has 2 saturated heterocycles. The van der Waals surface area contributed by atoms with Gasteiger partial charge in [-0.1, -0.05) is 0 Å². The Labute approximate surface area is 114 Å². The number of thioether (sulfide) groups is 1. The average molecular weight is 271 g/mol. The second kappa shape index (κ2) is 6.78. The molecule has 0 aromatic carbocycles. The number of likely N-dealkylation sites (N-methyl/N-ethyl adjacent to an activating group) is 1. The molecule has 1 amide bonds. The zero-order valence-corrected chi connectivity index (χ0v) is 12.1. The fraction of sp³-hybridized carbons (Fsp3) is 0.923. The van der Waals surface area contributed by atoms with Crippen molar-refractivity contribution in [1.82, 2.24) is 9.80 Å². The Morgan fingerprint density at radius 2 is 2.22 bits per heavy atom. The van der Waals surface area contributed by atoms with Gasteiger partial charge in [0.15, 0.2) is 0 Å². The molecular formula is C13H25N3OS. The van der Waals surface area contributed by atoms with Crippen LogP contribution in [0.15, 0.2) is 0 Å². The maximum Gasteiger partial charge on any atom is 0.224 e. The van der Waals surface area contributed by atoms with Crippen molar-refractivity contribution in [2.75, 3.05) is 38.2 Å². The highest BCUT2D eigenvalue weighted by Crippen LogP contribution is 2.23. The van der Waals surface area contributed by atoms with Crippen LogP contribution in [0.2, 0.25) is 0 Å². The monoisotopic (exact) mass is 271 g/mol. The lowest BCUT2D eigenvalue weighted by atomic mass is 10.1. The number of carbonyl (C=O) groups is 1. The molecule has 2 N–H and O–H groups in total. The minimum absolute atomic E-state index is 0.210. The highest BCUT2D eigenvalue weighted by molar-refractivity contribution is 7.99. The minimum atomic E-state index is 0.210. The molecule has 2 unspecified atom stereocenters. The van der Waals surface area contributed by atoms with Gasteiger partial charge in [-0.2, -0.15) is 11.8 Å². The molecule has 2 aliphatic heterocycles. The first kappa shape index (κ1) is 14.2. The van der Waals surface area contributed by atoms with Gasteiger partial charge in [-0.25, -0.2) is 0 Å². The molecule has 0 aromatic rings. The topological polar surface area (TPSA) is 49.6 Å². The number of hydrogen-bond acceptors (Lipinski definition) is 4. The zero-order chi connectivity index (χ0) is 13.0. The average Bonchev–Trinajstić information content (AvgIpc) is 3.05. The molecule has 18 heavy (non-hydrogen) atoms. The Hall–Kier alpha value is -0.260. The van der Waals surface area contributed by atoms with Gasteiger partial charge in [0.2, 0.25) is 5.91 Å². The van der Waals surface area contributed by atoms with E-state index in [4.69, 9.17) is 5.73 Å². The van der Waals surface area contributed by atoms with Crippen molar-refractivity contribution in [2.45, 2.75) is 37.8 Å². The summed E-state index contributed by atoms with van der Waals surface area (Å²) in [5.41, 5.74) is 5.87. The van der Waals surface area contributed by atoms with Crippen molar-refractivity contribution in [3.05, 3.63) is 0 Å². The van der Waals surface area contributed by atoms with Gasteiger partial charge < -0.3 is 10.6 Å². The van der Waals surface area contributed by atoms with Crippen LogP contribution in [0, 0.1) is 0 Å². The van der Waals surface area contributed by atoms with E-state index in [0.717, 1.165) is 25.9 Å². The molecule has 0 spiro atoms. The first-order chi connectivity index (χ1) is 8.72. The van der Waals surface area contributed by atoms with Gasteiger partial charge in [0.25, 0.3) is 0 Å². The van der Waals surface area contributed by atoms with Gasteiger partial charge in [-0.3, -0.25) is 9.69 Å². The van der Waals surface area contributed by atoms with Gasteiger partial charge in [-0.05, 0) is 32.1 Å². The number of amides is 1. The van der Waals surface area contributed by atoms with E-state index in [2.05, 4.69) is 11.9 Å². The van der Waals surface area contributed by atoms with Crippen LogP contribution in [0.3, 0.4) is 0 Å². The van der Waals surface area contributed by atoms with E-state index in [1.165, 1.54) is 17.9 Å². The van der Waals surface area contributed by atoms with Gasteiger partial charge >= 0.3 is 0 Å². The SMILES string of the molecule is CN(C1CCSC1)C(CN)CC(=O)N1CCCC1. The van der Waals surface area contributed by atoms with Crippen molar-refractivity contribution >= 4 is 17.7 Å². The number of carbonyl (C=O) groups excluding carboxylic acids is 1. The third kappa shape index (κ3) is 3.39. The molecule has 2 atom stereocenters. The first-order valence-corrected chi connectivity index (χ1v) is 8.15. The number of nitrogens with zero attached hydrogens (tertiary/aromatic N) is 2. The van der Waals surface area contributed by atoms with Crippen LogP contribution in [-0.2, 0) is 4.79 Å². The molecule has 0 aliphatic carbocycles. The van der Waals surface area contributed by atoms with Crippen molar-refractivity contribution < 1.29 is 4.79 Å². The molecular weight excluding hydrogens is 246 g/mol. The minimum Gasteiger partial charge on any atom is -0.343 e.